The number of benzene rings is 2. The van der Waals surface area contributed by atoms with Crippen LogP contribution in [0.4, 0.5) is 14.5 Å². The highest BCUT2D eigenvalue weighted by Crippen LogP contribution is 2.20. The molecule has 0 aliphatic rings. The van der Waals surface area contributed by atoms with Gasteiger partial charge in [-0.3, -0.25) is 4.79 Å². The first-order valence-electron chi connectivity index (χ1n) is 8.50. The molecule has 0 radical (unpaired) electrons. The van der Waals surface area contributed by atoms with E-state index in [9.17, 15) is 13.6 Å². The smallest absolute Gasteiger partial charge is 0.255 e. The minimum Gasteiger partial charge on any atom is -0.487 e. The largest absolute Gasteiger partial charge is 0.487 e. The highest BCUT2D eigenvalue weighted by molar-refractivity contribution is 6.04. The number of carbonyl (C=O) groups excluding carboxylic acids is 1. The molecule has 4 rings (SSSR count). The van der Waals surface area contributed by atoms with E-state index in [1.807, 2.05) is 35.0 Å². The normalized spacial score (nSPS) is 10.8. The van der Waals surface area contributed by atoms with E-state index in [2.05, 4.69) is 10.3 Å². The third-order valence-electron chi connectivity index (χ3n) is 4.07. The maximum absolute atomic E-state index is 13.3. The maximum Gasteiger partial charge on any atom is 0.255 e. The van der Waals surface area contributed by atoms with Gasteiger partial charge in [-0.2, -0.15) is 0 Å². The Balaban J connectivity index is 1.43. The van der Waals surface area contributed by atoms with Gasteiger partial charge in [-0.25, -0.2) is 13.8 Å². The molecule has 2 heterocycles. The van der Waals surface area contributed by atoms with Crippen LogP contribution in [-0.2, 0) is 6.61 Å². The Labute approximate surface area is 159 Å². The van der Waals surface area contributed by atoms with Crippen molar-refractivity contribution in [3.8, 4) is 5.75 Å². The van der Waals surface area contributed by atoms with E-state index in [0.29, 0.717) is 11.4 Å². The highest BCUT2D eigenvalue weighted by Gasteiger charge is 2.10. The molecule has 1 N–H and O–H groups in total. The number of ether oxygens (including phenoxy) is 1. The maximum atomic E-state index is 13.3. The zero-order valence-corrected chi connectivity index (χ0v) is 14.6. The highest BCUT2D eigenvalue weighted by atomic mass is 19.2. The Morgan fingerprint density at radius 3 is 2.75 bits per heavy atom. The van der Waals surface area contributed by atoms with Gasteiger partial charge in [0.1, 0.15) is 18.0 Å². The fraction of sp³-hybridized carbons (Fsp3) is 0.0476. The van der Waals surface area contributed by atoms with Crippen LogP contribution in [0.15, 0.2) is 73.1 Å². The van der Waals surface area contributed by atoms with Crippen LogP contribution in [0.3, 0.4) is 0 Å². The lowest BCUT2D eigenvalue weighted by Gasteiger charge is -2.09. The molecule has 5 nitrogen and oxygen atoms in total. The summed E-state index contributed by atoms with van der Waals surface area (Å²) in [6, 6.07) is 15.5. The van der Waals surface area contributed by atoms with E-state index >= 15 is 0 Å². The van der Waals surface area contributed by atoms with Crippen molar-refractivity contribution in [2.75, 3.05) is 5.32 Å². The number of hydrogen-bond acceptors (Lipinski definition) is 3. The van der Waals surface area contributed by atoms with E-state index < -0.39 is 17.5 Å². The number of imidazole rings is 1. The number of halogens is 2. The van der Waals surface area contributed by atoms with Crippen molar-refractivity contribution >= 4 is 17.2 Å². The summed E-state index contributed by atoms with van der Waals surface area (Å²) in [5.74, 6) is -2.08. The lowest BCUT2D eigenvalue weighted by molar-refractivity contribution is 0.102. The molecule has 0 saturated carbocycles. The van der Waals surface area contributed by atoms with Crippen molar-refractivity contribution in [1.82, 2.24) is 9.38 Å². The fourth-order valence-corrected chi connectivity index (χ4v) is 2.72. The lowest BCUT2D eigenvalue weighted by atomic mass is 10.2. The molecule has 1 amide bonds. The Morgan fingerprint density at radius 1 is 1.04 bits per heavy atom. The Kier molecular flexibility index (Phi) is 4.72. The molecule has 0 saturated heterocycles. The van der Waals surface area contributed by atoms with Crippen LogP contribution in [0.25, 0.3) is 5.65 Å². The summed E-state index contributed by atoms with van der Waals surface area (Å²) < 4.78 is 34.0. The van der Waals surface area contributed by atoms with Crippen LogP contribution in [0.2, 0.25) is 0 Å². The first-order valence-corrected chi connectivity index (χ1v) is 8.50. The second kappa shape index (κ2) is 7.48. The van der Waals surface area contributed by atoms with E-state index in [0.717, 1.165) is 23.5 Å². The third kappa shape index (κ3) is 3.83. The van der Waals surface area contributed by atoms with Crippen molar-refractivity contribution in [3.63, 3.8) is 0 Å². The molecule has 140 valence electrons. The van der Waals surface area contributed by atoms with Gasteiger partial charge in [0.2, 0.25) is 0 Å². The van der Waals surface area contributed by atoms with Gasteiger partial charge >= 0.3 is 0 Å². The van der Waals surface area contributed by atoms with Crippen LogP contribution in [0.1, 0.15) is 16.1 Å². The quantitative estimate of drug-likeness (QED) is 0.558. The number of nitrogens with zero attached hydrogens (tertiary/aromatic N) is 2. The summed E-state index contributed by atoms with van der Waals surface area (Å²) in [4.78, 5) is 16.7. The zero-order valence-electron chi connectivity index (χ0n) is 14.6. The molecule has 7 heteroatoms. The molecule has 4 aromatic rings. The minimum absolute atomic E-state index is 0.0231. The van der Waals surface area contributed by atoms with Crippen molar-refractivity contribution in [2.24, 2.45) is 0 Å². The number of anilines is 1. The number of nitrogens with one attached hydrogen (secondary N) is 1. The molecule has 0 aliphatic carbocycles. The molecule has 0 atom stereocenters. The molecule has 28 heavy (non-hydrogen) atoms. The van der Waals surface area contributed by atoms with Gasteiger partial charge in [-0.05, 0) is 42.5 Å². The Hall–Kier alpha value is -3.74. The van der Waals surface area contributed by atoms with Crippen LogP contribution in [0, 0.1) is 11.6 Å². The predicted molar refractivity (Wildman–Crippen MR) is 100 cm³/mol. The van der Waals surface area contributed by atoms with Gasteiger partial charge in [0, 0.05) is 29.7 Å². The summed E-state index contributed by atoms with van der Waals surface area (Å²) in [6.07, 6.45) is 3.78. The summed E-state index contributed by atoms with van der Waals surface area (Å²) in [5, 5.41) is 2.64. The second-order valence-electron chi connectivity index (χ2n) is 6.10. The number of rotatable bonds is 5. The Bertz CT molecular complexity index is 1120. The number of carbonyl (C=O) groups is 1. The van der Waals surface area contributed by atoms with Crippen LogP contribution < -0.4 is 10.1 Å². The van der Waals surface area contributed by atoms with E-state index in [4.69, 9.17) is 4.74 Å². The van der Waals surface area contributed by atoms with Gasteiger partial charge in [-0.15, -0.1) is 0 Å². The molecule has 0 spiro atoms. The fourth-order valence-electron chi connectivity index (χ4n) is 2.72. The summed E-state index contributed by atoms with van der Waals surface area (Å²) >= 11 is 0. The monoisotopic (exact) mass is 379 g/mol. The minimum atomic E-state index is -1.07. The van der Waals surface area contributed by atoms with Crippen LogP contribution in [-0.4, -0.2) is 15.3 Å². The number of pyridine rings is 1. The number of aromatic nitrogens is 2. The molecule has 2 aromatic carbocycles. The predicted octanol–water partition coefficient (Wildman–Crippen LogP) is 4.44. The lowest BCUT2D eigenvalue weighted by Crippen LogP contribution is -2.12. The van der Waals surface area contributed by atoms with Crippen LogP contribution >= 0.6 is 0 Å². The average Bonchev–Trinajstić information content (AvgIpc) is 3.12. The standard InChI is InChI=1S/C21H15F2N3O2/c22-18-8-7-14(10-19(18)23)21(27)25-15-4-3-5-17(11-15)28-13-16-12-26-9-2-1-6-20(26)24-16/h1-12H,13H2,(H,25,27). The third-order valence-corrected chi connectivity index (χ3v) is 4.07. The molecule has 2 aromatic heterocycles. The first-order chi connectivity index (χ1) is 13.6. The van der Waals surface area contributed by atoms with E-state index in [-0.39, 0.29) is 12.2 Å². The van der Waals surface area contributed by atoms with Gasteiger partial charge in [0.15, 0.2) is 11.6 Å². The van der Waals surface area contributed by atoms with Gasteiger partial charge in [0.05, 0.1) is 5.69 Å². The van der Waals surface area contributed by atoms with Crippen molar-refractivity contribution in [2.45, 2.75) is 6.61 Å². The van der Waals surface area contributed by atoms with Crippen molar-refractivity contribution < 1.29 is 18.3 Å². The van der Waals surface area contributed by atoms with E-state index in [1.54, 1.807) is 24.3 Å². The van der Waals surface area contributed by atoms with Gasteiger partial charge in [0.25, 0.3) is 5.91 Å². The van der Waals surface area contributed by atoms with Gasteiger partial charge < -0.3 is 14.5 Å². The topological polar surface area (TPSA) is 55.6 Å². The molecule has 0 unspecified atom stereocenters. The first kappa shape index (κ1) is 17.7. The summed E-state index contributed by atoms with van der Waals surface area (Å²) in [5.41, 5.74) is 2.09. The second-order valence-corrected chi connectivity index (χ2v) is 6.10. The van der Waals surface area contributed by atoms with Crippen molar-refractivity contribution in [1.29, 1.82) is 0 Å². The molecule has 0 bridgehead atoms. The van der Waals surface area contributed by atoms with E-state index in [1.165, 1.54) is 6.07 Å². The number of amides is 1. The van der Waals surface area contributed by atoms with Gasteiger partial charge in [-0.1, -0.05) is 12.1 Å². The molecule has 0 aliphatic heterocycles. The zero-order chi connectivity index (χ0) is 19.5. The SMILES string of the molecule is O=C(Nc1cccc(OCc2cn3ccccc3n2)c1)c1ccc(F)c(F)c1. The summed E-state index contributed by atoms with van der Waals surface area (Å²) in [7, 11) is 0. The van der Waals surface area contributed by atoms with Crippen LogP contribution in [0.5, 0.6) is 5.75 Å². The molecule has 0 fully saturated rings. The molecular weight excluding hydrogens is 364 g/mol. The number of hydrogen-bond donors (Lipinski definition) is 1. The average molecular weight is 379 g/mol. The Morgan fingerprint density at radius 2 is 1.93 bits per heavy atom. The van der Waals surface area contributed by atoms with Crippen molar-refractivity contribution in [3.05, 3.63) is 95.9 Å². The molecular formula is C21H15F2N3O2. The summed E-state index contributed by atoms with van der Waals surface area (Å²) in [6.45, 7) is 0.266. The number of fused-ring (bicyclic) bond motifs is 1.